The maximum atomic E-state index is 14.0. The number of carbonyl (C=O) groups excluding carboxylic acids is 3. The van der Waals surface area contributed by atoms with Crippen LogP contribution < -0.4 is 19.8 Å². The van der Waals surface area contributed by atoms with E-state index in [0.717, 1.165) is 32.7 Å². The van der Waals surface area contributed by atoms with Crippen LogP contribution in [0.4, 0.5) is 15.8 Å². The Labute approximate surface area is 282 Å². The van der Waals surface area contributed by atoms with E-state index in [4.69, 9.17) is 4.74 Å². The first-order valence-corrected chi connectivity index (χ1v) is 17.6. The van der Waals surface area contributed by atoms with Gasteiger partial charge in [0.1, 0.15) is 11.6 Å². The van der Waals surface area contributed by atoms with E-state index in [1.165, 1.54) is 40.5 Å². The third kappa shape index (κ3) is 4.55. The van der Waals surface area contributed by atoms with Crippen molar-refractivity contribution in [2.75, 3.05) is 16.8 Å². The maximum absolute atomic E-state index is 14.0. The van der Waals surface area contributed by atoms with Gasteiger partial charge in [0, 0.05) is 27.3 Å². The average Bonchev–Trinajstić information content (AvgIpc) is 3.83. The van der Waals surface area contributed by atoms with Gasteiger partial charge in [0.2, 0.25) is 11.8 Å². The second-order valence-electron chi connectivity index (χ2n) is 12.9. The van der Waals surface area contributed by atoms with Crippen LogP contribution in [0, 0.1) is 35.4 Å². The number of thiazole rings is 1. The summed E-state index contributed by atoms with van der Waals surface area (Å²) in [6.07, 6.45) is 0.735. The van der Waals surface area contributed by atoms with Crippen molar-refractivity contribution in [1.29, 1.82) is 0 Å². The predicted octanol–water partition coefficient (Wildman–Crippen LogP) is 6.42. The molecule has 2 N–H and O–H groups in total. The molecule has 9 rings (SSSR count). The van der Waals surface area contributed by atoms with Gasteiger partial charge in [-0.25, -0.2) is 4.39 Å². The minimum absolute atomic E-state index is 0.00632. The Bertz CT molecular complexity index is 2200. The molecule has 2 bridgehead atoms. The Morgan fingerprint density at radius 2 is 1.62 bits per heavy atom. The van der Waals surface area contributed by atoms with Gasteiger partial charge in [0.15, 0.2) is 6.61 Å². The fourth-order valence-electron chi connectivity index (χ4n) is 8.69. The fraction of sp³-hybridized carbons (Fsp3) is 0.243. The quantitative estimate of drug-likeness (QED) is 0.201. The number of benzene rings is 4. The number of fused-ring (bicyclic) bond motifs is 10. The molecular formula is C37H28FN3O5S2. The molecule has 3 amide bonds. The lowest BCUT2D eigenvalue weighted by atomic mass is 9.68. The minimum atomic E-state index is -0.491. The van der Waals surface area contributed by atoms with Gasteiger partial charge < -0.3 is 15.0 Å². The first-order valence-electron chi connectivity index (χ1n) is 15.9. The SMILES string of the molecule is O=C(COc1ccccc1[C@@H]1c2sc(=O)[nH]c2S[C@@H]2[C@@H]3C[C@@H]([C@@H]4C(=O)N(c5ccc(F)cc5)C(=O)[C@@H]34)[C@H]12)Nc1ccc2ccccc2c1. The number of anilines is 2. The van der Waals surface area contributed by atoms with Crippen LogP contribution in [0.2, 0.25) is 0 Å². The van der Waals surface area contributed by atoms with E-state index >= 15 is 0 Å². The molecule has 48 heavy (non-hydrogen) atoms. The number of halogens is 1. The Kier molecular flexibility index (Phi) is 6.84. The van der Waals surface area contributed by atoms with Gasteiger partial charge in [0.05, 0.1) is 22.5 Å². The molecule has 3 heterocycles. The third-order valence-corrected chi connectivity index (χ3v) is 13.0. The van der Waals surface area contributed by atoms with Crippen molar-refractivity contribution >= 4 is 63.0 Å². The number of para-hydroxylation sites is 1. The first-order chi connectivity index (χ1) is 23.4. The molecule has 0 spiro atoms. The normalized spacial score (nSPS) is 26.8. The van der Waals surface area contributed by atoms with Gasteiger partial charge in [-0.05, 0) is 77.4 Å². The van der Waals surface area contributed by atoms with Crippen molar-refractivity contribution in [2.45, 2.75) is 22.6 Å². The van der Waals surface area contributed by atoms with E-state index in [9.17, 15) is 23.6 Å². The number of aromatic amines is 1. The van der Waals surface area contributed by atoms with E-state index in [1.54, 1.807) is 11.8 Å². The van der Waals surface area contributed by atoms with E-state index < -0.39 is 17.7 Å². The largest absolute Gasteiger partial charge is 0.483 e. The van der Waals surface area contributed by atoms with Crippen molar-refractivity contribution in [3.63, 3.8) is 0 Å². The van der Waals surface area contributed by atoms with E-state index in [0.29, 0.717) is 17.1 Å². The highest BCUT2D eigenvalue weighted by atomic mass is 32.2. The molecule has 0 unspecified atom stereocenters. The zero-order valence-corrected chi connectivity index (χ0v) is 26.9. The highest BCUT2D eigenvalue weighted by Crippen LogP contribution is 2.69. The third-order valence-electron chi connectivity index (χ3n) is 10.5. The summed E-state index contributed by atoms with van der Waals surface area (Å²) >= 11 is 2.77. The summed E-state index contributed by atoms with van der Waals surface area (Å²) in [5, 5.41) is 5.81. The molecule has 8 nitrogen and oxygen atoms in total. The number of amides is 3. The molecular weight excluding hydrogens is 650 g/mol. The molecule has 2 aliphatic heterocycles. The number of H-pyrrole nitrogens is 1. The van der Waals surface area contributed by atoms with Crippen LogP contribution in [0.5, 0.6) is 5.75 Å². The van der Waals surface area contributed by atoms with Crippen LogP contribution in [0.3, 0.4) is 0 Å². The van der Waals surface area contributed by atoms with Crippen LogP contribution in [0.1, 0.15) is 22.8 Å². The number of aromatic nitrogens is 1. The molecule has 4 aliphatic rings. The number of ether oxygens (including phenoxy) is 1. The van der Waals surface area contributed by atoms with E-state index in [2.05, 4.69) is 10.3 Å². The van der Waals surface area contributed by atoms with Crippen LogP contribution in [-0.4, -0.2) is 34.6 Å². The summed E-state index contributed by atoms with van der Waals surface area (Å²) in [5.41, 5.74) is 1.90. The van der Waals surface area contributed by atoms with Crippen molar-refractivity contribution < 1.29 is 23.5 Å². The molecule has 5 aromatic rings. The molecule has 240 valence electrons. The van der Waals surface area contributed by atoms with Crippen LogP contribution in [0.15, 0.2) is 101 Å². The molecule has 11 heteroatoms. The van der Waals surface area contributed by atoms with E-state index in [-0.39, 0.29) is 58.1 Å². The van der Waals surface area contributed by atoms with Crippen LogP contribution >= 0.6 is 23.1 Å². The molecule has 2 saturated carbocycles. The summed E-state index contributed by atoms with van der Waals surface area (Å²) in [4.78, 5) is 58.6. The van der Waals surface area contributed by atoms with Crippen molar-refractivity contribution in [1.82, 2.24) is 4.98 Å². The van der Waals surface area contributed by atoms with Gasteiger partial charge in [0.25, 0.3) is 5.91 Å². The first kappa shape index (κ1) is 29.4. The summed E-state index contributed by atoms with van der Waals surface area (Å²) in [6.45, 7) is -0.216. The smallest absolute Gasteiger partial charge is 0.305 e. The molecule has 2 aliphatic carbocycles. The summed E-state index contributed by atoms with van der Waals surface area (Å²) in [5.74, 6) is -2.09. The minimum Gasteiger partial charge on any atom is -0.483 e. The molecule has 1 saturated heterocycles. The monoisotopic (exact) mass is 677 g/mol. The van der Waals surface area contributed by atoms with Crippen molar-refractivity contribution in [3.05, 3.63) is 117 Å². The second-order valence-corrected chi connectivity index (χ2v) is 15.1. The number of hydrogen-bond donors (Lipinski definition) is 2. The molecule has 1 aromatic heterocycles. The fourth-order valence-corrected chi connectivity index (χ4v) is 11.6. The zero-order valence-electron chi connectivity index (χ0n) is 25.3. The lowest BCUT2D eigenvalue weighted by Gasteiger charge is -2.43. The van der Waals surface area contributed by atoms with E-state index in [1.807, 2.05) is 66.7 Å². The molecule has 7 atom stereocenters. The highest BCUT2D eigenvalue weighted by molar-refractivity contribution is 8.00. The predicted molar refractivity (Wildman–Crippen MR) is 182 cm³/mol. The van der Waals surface area contributed by atoms with Crippen LogP contribution in [-0.2, 0) is 14.4 Å². The van der Waals surface area contributed by atoms with Gasteiger partial charge in [-0.3, -0.25) is 24.1 Å². The Hall–Kier alpha value is -4.74. The maximum Gasteiger partial charge on any atom is 0.305 e. The van der Waals surface area contributed by atoms with Gasteiger partial charge in [-0.1, -0.05) is 59.9 Å². The highest BCUT2D eigenvalue weighted by Gasteiger charge is 2.69. The lowest BCUT2D eigenvalue weighted by Crippen LogP contribution is -2.42. The topological polar surface area (TPSA) is 109 Å². The van der Waals surface area contributed by atoms with Crippen molar-refractivity contribution in [2.24, 2.45) is 29.6 Å². The Morgan fingerprint density at radius 3 is 2.44 bits per heavy atom. The number of thioether (sulfide) groups is 1. The summed E-state index contributed by atoms with van der Waals surface area (Å²) in [7, 11) is 0. The number of rotatable bonds is 6. The van der Waals surface area contributed by atoms with Crippen LogP contribution in [0.25, 0.3) is 10.8 Å². The zero-order chi connectivity index (χ0) is 32.7. The Morgan fingerprint density at radius 1 is 0.896 bits per heavy atom. The second kappa shape index (κ2) is 11.2. The van der Waals surface area contributed by atoms with Gasteiger partial charge >= 0.3 is 4.87 Å². The number of carbonyl (C=O) groups is 3. The summed E-state index contributed by atoms with van der Waals surface area (Å²) in [6, 6.07) is 26.7. The standard InChI is InChI=1S/C37H28FN3O5S2/c38-20-10-13-22(14-11-20)41-35(43)30-24-16-25(31(30)36(41)44)32-29(24)28(33-34(47-32)40-37(45)48-33)23-7-3-4-8-26(23)46-17-27(42)39-21-12-9-18-5-1-2-6-19(18)15-21/h1-15,24-25,28-32H,16-17H2,(H,39,42)(H,40,45)/t24-,25-,28+,29-,30+,31+,32-/m1/s1. The lowest BCUT2D eigenvalue weighted by molar-refractivity contribution is -0.123. The van der Waals surface area contributed by atoms with Gasteiger partial charge in [-0.15, -0.1) is 11.8 Å². The Balaban J connectivity index is 1.02. The molecule has 0 radical (unpaired) electrons. The van der Waals surface area contributed by atoms with Crippen molar-refractivity contribution in [3.8, 4) is 5.75 Å². The number of nitrogens with zero attached hydrogens (tertiary/aromatic N) is 1. The van der Waals surface area contributed by atoms with Gasteiger partial charge in [-0.2, -0.15) is 0 Å². The number of hydrogen-bond acceptors (Lipinski definition) is 7. The molecule has 4 aromatic carbocycles. The summed E-state index contributed by atoms with van der Waals surface area (Å²) < 4.78 is 19.9. The molecule has 3 fully saturated rings. The number of nitrogens with one attached hydrogen (secondary N) is 2. The average molecular weight is 678 g/mol. The number of imide groups is 1.